The number of rotatable bonds is 8. The summed E-state index contributed by atoms with van der Waals surface area (Å²) in [5, 5.41) is 10.8. The van der Waals surface area contributed by atoms with Crippen LogP contribution in [0.15, 0.2) is 36.8 Å². The molecule has 3 saturated heterocycles. The van der Waals surface area contributed by atoms with Crippen molar-refractivity contribution in [1.82, 2.24) is 29.9 Å². The minimum atomic E-state index is -1.01. The number of aromatic amines is 1. The van der Waals surface area contributed by atoms with Crippen molar-refractivity contribution in [3.8, 4) is 28.0 Å². The predicted octanol–water partition coefficient (Wildman–Crippen LogP) is 1.90. The number of nitrogens with one attached hydrogen (secondary N) is 1. The molecule has 1 amide bonds. The molecule has 4 N–H and O–H groups in total. The maximum atomic E-state index is 12.4. The molecule has 0 unspecified atom stereocenters. The Hall–Kier alpha value is -4.67. The second-order valence-electron chi connectivity index (χ2n) is 11.3. The Kier molecular flexibility index (Phi) is 7.33. The molecule has 3 atom stereocenters. The lowest BCUT2D eigenvalue weighted by Crippen LogP contribution is -2.68. The van der Waals surface area contributed by atoms with Crippen LogP contribution in [0.5, 0.6) is 5.88 Å². The van der Waals surface area contributed by atoms with Crippen LogP contribution in [0.2, 0.25) is 0 Å². The van der Waals surface area contributed by atoms with Gasteiger partial charge in [-0.05, 0) is 32.0 Å². The summed E-state index contributed by atoms with van der Waals surface area (Å²) in [4.78, 5) is 54.0. The average molecular weight is 634 g/mol. The van der Waals surface area contributed by atoms with E-state index in [1.54, 1.807) is 24.2 Å². The second-order valence-corrected chi connectivity index (χ2v) is 12.3. The number of hydrogen-bond donors (Lipinski definition) is 3. The molecular weight excluding hydrogens is 602 g/mol. The molecule has 4 aromatic rings. The van der Waals surface area contributed by atoms with Gasteiger partial charge in [0.05, 0.1) is 44.3 Å². The number of thiazole rings is 1. The highest BCUT2D eigenvalue weighted by Gasteiger charge is 2.50. The Balaban J connectivity index is 1.21. The van der Waals surface area contributed by atoms with Crippen LogP contribution in [-0.2, 0) is 14.3 Å². The number of aliphatic carboxylic acids is 1. The van der Waals surface area contributed by atoms with E-state index in [1.807, 2.05) is 18.2 Å². The first-order chi connectivity index (χ1) is 21.7. The van der Waals surface area contributed by atoms with Crippen LogP contribution in [0.25, 0.3) is 22.1 Å². The summed E-state index contributed by atoms with van der Waals surface area (Å²) in [6.45, 7) is 6.07. The maximum Gasteiger partial charge on any atom is 0.326 e. The molecule has 0 radical (unpaired) electrons. The normalized spacial score (nSPS) is 22.4. The number of primary amides is 1. The van der Waals surface area contributed by atoms with E-state index >= 15 is 0 Å². The van der Waals surface area contributed by atoms with E-state index in [4.69, 9.17) is 24.9 Å². The van der Waals surface area contributed by atoms with Crippen molar-refractivity contribution < 1.29 is 28.9 Å². The van der Waals surface area contributed by atoms with Gasteiger partial charge < -0.3 is 39.8 Å². The standard InChI is InChI=1S/C29H31N9O6S/c1-15-29(13-42-14-29)43-7-6-37(15)20-8-17(26-33-11-22(45-26)23(30)39)10-32-25(20)44-18-9-21(27(40)41)38(12-18)28-35-16(2)34-24(36-28)19-4-3-5-31-19/h3-5,8,10-11,15,18,21,31H,6-7,9,12-14H2,1-2H3,(H2,30,39)(H,40,41)/t15-,18-,21-/m0/s1. The Morgan fingerprint density at radius 3 is 2.73 bits per heavy atom. The highest BCUT2D eigenvalue weighted by molar-refractivity contribution is 7.16. The van der Waals surface area contributed by atoms with Gasteiger partial charge in [0.15, 0.2) is 5.82 Å². The number of aromatic nitrogens is 6. The molecule has 7 rings (SSSR count). The van der Waals surface area contributed by atoms with E-state index in [-0.39, 0.29) is 25.0 Å². The van der Waals surface area contributed by atoms with E-state index in [9.17, 15) is 14.7 Å². The van der Waals surface area contributed by atoms with Gasteiger partial charge >= 0.3 is 5.97 Å². The molecule has 0 aliphatic carbocycles. The lowest BCUT2D eigenvalue weighted by molar-refractivity contribution is -0.228. The third-order valence-electron chi connectivity index (χ3n) is 8.44. The average Bonchev–Trinajstić information content (AvgIpc) is 3.78. The molecule has 4 aromatic heterocycles. The molecule has 7 heterocycles. The monoisotopic (exact) mass is 633 g/mol. The summed E-state index contributed by atoms with van der Waals surface area (Å²) in [5.41, 5.74) is 7.13. The molecule has 0 saturated carbocycles. The Labute approximate surface area is 261 Å². The van der Waals surface area contributed by atoms with E-state index in [0.717, 1.165) is 0 Å². The Morgan fingerprint density at radius 2 is 2.04 bits per heavy atom. The van der Waals surface area contributed by atoms with Gasteiger partial charge in [-0.1, -0.05) is 0 Å². The van der Waals surface area contributed by atoms with Crippen molar-refractivity contribution in [1.29, 1.82) is 0 Å². The second kappa shape index (κ2) is 11.4. The van der Waals surface area contributed by atoms with Crippen LogP contribution < -0.4 is 20.3 Å². The number of amides is 1. The molecule has 1 spiro atoms. The maximum absolute atomic E-state index is 12.4. The number of hydrogen-bond acceptors (Lipinski definition) is 13. The van der Waals surface area contributed by atoms with Crippen LogP contribution in [-0.4, -0.2) is 104 Å². The number of nitrogens with zero attached hydrogens (tertiary/aromatic N) is 7. The van der Waals surface area contributed by atoms with Gasteiger partial charge in [0, 0.05) is 30.9 Å². The smallest absolute Gasteiger partial charge is 0.326 e. The number of ether oxygens (including phenoxy) is 3. The molecule has 16 heteroatoms. The van der Waals surface area contributed by atoms with Crippen molar-refractivity contribution in [3.63, 3.8) is 0 Å². The number of carboxylic acid groups (broad SMARTS) is 1. The first-order valence-corrected chi connectivity index (χ1v) is 15.3. The molecule has 0 aromatic carbocycles. The van der Waals surface area contributed by atoms with E-state index in [2.05, 4.69) is 36.7 Å². The number of anilines is 2. The van der Waals surface area contributed by atoms with Gasteiger partial charge in [0.1, 0.15) is 39.1 Å². The van der Waals surface area contributed by atoms with Gasteiger partial charge in [-0.15, -0.1) is 11.3 Å². The highest BCUT2D eigenvalue weighted by Crippen LogP contribution is 2.41. The number of H-pyrrole nitrogens is 1. The fraction of sp³-hybridized carbons (Fsp3) is 0.414. The number of nitrogens with two attached hydrogens (primary N) is 1. The fourth-order valence-electron chi connectivity index (χ4n) is 5.96. The Bertz CT molecular complexity index is 1740. The molecule has 45 heavy (non-hydrogen) atoms. The van der Waals surface area contributed by atoms with Gasteiger partial charge in [-0.25, -0.2) is 19.7 Å². The lowest BCUT2D eigenvalue weighted by Gasteiger charge is -2.53. The number of carbonyl (C=O) groups is 2. The number of morpholine rings is 1. The third-order valence-corrected chi connectivity index (χ3v) is 9.50. The largest absolute Gasteiger partial charge is 0.480 e. The number of aryl methyl sites for hydroxylation is 1. The first-order valence-electron chi connectivity index (χ1n) is 14.5. The first kappa shape index (κ1) is 29.1. The summed E-state index contributed by atoms with van der Waals surface area (Å²) in [6, 6.07) is 4.62. The topological polar surface area (TPSA) is 195 Å². The van der Waals surface area contributed by atoms with Crippen molar-refractivity contribution >= 4 is 34.8 Å². The minimum absolute atomic E-state index is 0.0664. The number of pyridine rings is 1. The van der Waals surface area contributed by atoms with Crippen molar-refractivity contribution in [2.45, 2.75) is 44.1 Å². The molecular formula is C29H31N9O6S. The van der Waals surface area contributed by atoms with Crippen molar-refractivity contribution in [2.24, 2.45) is 5.73 Å². The molecule has 3 aliphatic heterocycles. The molecule has 234 valence electrons. The third kappa shape index (κ3) is 5.34. The summed E-state index contributed by atoms with van der Waals surface area (Å²) >= 11 is 1.18. The van der Waals surface area contributed by atoms with Crippen LogP contribution in [0, 0.1) is 6.92 Å². The lowest BCUT2D eigenvalue weighted by atomic mass is 9.90. The zero-order chi connectivity index (χ0) is 31.3. The van der Waals surface area contributed by atoms with Crippen LogP contribution in [0.4, 0.5) is 11.6 Å². The van der Waals surface area contributed by atoms with Crippen LogP contribution in [0.3, 0.4) is 0 Å². The molecule has 15 nitrogen and oxygen atoms in total. The van der Waals surface area contributed by atoms with Crippen molar-refractivity contribution in [3.05, 3.63) is 47.5 Å². The van der Waals surface area contributed by atoms with Gasteiger partial charge in [-0.2, -0.15) is 9.97 Å². The quantitative estimate of drug-likeness (QED) is 0.255. The minimum Gasteiger partial charge on any atom is -0.480 e. The highest BCUT2D eigenvalue weighted by atomic mass is 32.1. The summed E-state index contributed by atoms with van der Waals surface area (Å²) in [7, 11) is 0. The van der Waals surface area contributed by atoms with E-state index in [1.165, 1.54) is 17.5 Å². The molecule has 3 fully saturated rings. The predicted molar refractivity (Wildman–Crippen MR) is 162 cm³/mol. The molecule has 0 bridgehead atoms. The molecule has 3 aliphatic rings. The van der Waals surface area contributed by atoms with Crippen LogP contribution in [0.1, 0.15) is 28.8 Å². The summed E-state index contributed by atoms with van der Waals surface area (Å²) in [6.07, 6.45) is 4.51. The fourth-order valence-corrected chi connectivity index (χ4v) is 6.71. The SMILES string of the molecule is Cc1nc(-c2ccc[nH]2)nc(N2C[C@@H](Oc3ncc(-c4ncc(C(N)=O)s4)cc3N3CCOC4(COC4)[C@@H]3C)C[C@H]2C(=O)O)n1. The van der Waals surface area contributed by atoms with E-state index < -0.39 is 29.6 Å². The summed E-state index contributed by atoms with van der Waals surface area (Å²) in [5.74, 6) is -0.0528. The zero-order valence-corrected chi connectivity index (χ0v) is 25.4. The van der Waals surface area contributed by atoms with Gasteiger partial charge in [0.25, 0.3) is 5.91 Å². The summed E-state index contributed by atoms with van der Waals surface area (Å²) < 4.78 is 18.2. The Morgan fingerprint density at radius 1 is 1.20 bits per heavy atom. The zero-order valence-electron chi connectivity index (χ0n) is 24.5. The number of carbonyl (C=O) groups excluding carboxylic acids is 1. The van der Waals surface area contributed by atoms with Gasteiger partial charge in [0.2, 0.25) is 11.8 Å². The number of carboxylic acids is 1. The van der Waals surface area contributed by atoms with E-state index in [0.29, 0.717) is 70.7 Å². The van der Waals surface area contributed by atoms with Crippen LogP contribution >= 0.6 is 11.3 Å². The van der Waals surface area contributed by atoms with Crippen molar-refractivity contribution in [2.75, 3.05) is 42.7 Å². The van der Waals surface area contributed by atoms with Gasteiger partial charge in [-0.3, -0.25) is 4.79 Å².